The van der Waals surface area contributed by atoms with Gasteiger partial charge in [-0.3, -0.25) is 9.48 Å². The minimum absolute atomic E-state index is 0.0831. The number of sulfonamides is 1. The molecule has 0 unspecified atom stereocenters. The number of aryl methyl sites for hydroxylation is 2. The molecule has 3 rings (SSSR count). The van der Waals surface area contributed by atoms with Crippen LogP contribution in [-0.2, 0) is 28.4 Å². The van der Waals surface area contributed by atoms with Crippen molar-refractivity contribution in [2.45, 2.75) is 31.2 Å². The first-order valence-electron chi connectivity index (χ1n) is 8.15. The van der Waals surface area contributed by atoms with Gasteiger partial charge in [0.05, 0.1) is 10.6 Å². The van der Waals surface area contributed by atoms with Crippen LogP contribution in [0.3, 0.4) is 0 Å². The van der Waals surface area contributed by atoms with Gasteiger partial charge in [-0.15, -0.1) is 0 Å². The van der Waals surface area contributed by atoms with Gasteiger partial charge in [-0.25, -0.2) is 8.42 Å². The predicted octanol–water partition coefficient (Wildman–Crippen LogP) is 1.68. The van der Waals surface area contributed by atoms with E-state index in [4.69, 9.17) is 0 Å². The minimum Gasteiger partial charge on any atom is -0.312 e. The monoisotopic (exact) mass is 362 g/mol. The van der Waals surface area contributed by atoms with E-state index >= 15 is 0 Å². The van der Waals surface area contributed by atoms with E-state index in [1.54, 1.807) is 40.9 Å². The van der Waals surface area contributed by atoms with Crippen LogP contribution in [0.15, 0.2) is 35.4 Å². The lowest BCUT2D eigenvalue weighted by atomic mass is 10.3. The lowest BCUT2D eigenvalue weighted by Crippen LogP contribution is -2.27. The molecular formula is C17H22N4O3S. The van der Waals surface area contributed by atoms with E-state index in [1.165, 1.54) is 4.31 Å². The van der Waals surface area contributed by atoms with Gasteiger partial charge in [0.15, 0.2) is 0 Å². The zero-order valence-corrected chi connectivity index (χ0v) is 15.5. The highest BCUT2D eigenvalue weighted by Gasteiger charge is 2.24. The summed E-state index contributed by atoms with van der Waals surface area (Å²) in [5.41, 5.74) is 2.42. The second kappa shape index (κ2) is 6.61. The first kappa shape index (κ1) is 17.6. The van der Waals surface area contributed by atoms with Crippen LogP contribution < -0.4 is 4.90 Å². The smallest absolute Gasteiger partial charge is 0.243 e. The number of hydrogen-bond donors (Lipinski definition) is 0. The second-order valence-corrected chi connectivity index (χ2v) is 8.36. The normalized spacial score (nSPS) is 15.4. The number of benzene rings is 1. The standard InChI is InChI=1S/C17H22N4O3S/c1-13-14(11-19(2)18-13)12-20(3)25(23,24)16-8-6-15(7-9-16)21-10-4-5-17(21)22/h6-9,11H,4-5,10,12H2,1-3H3. The average molecular weight is 362 g/mol. The van der Waals surface area contributed by atoms with Gasteiger partial charge in [-0.05, 0) is 37.6 Å². The highest BCUT2D eigenvalue weighted by Crippen LogP contribution is 2.24. The summed E-state index contributed by atoms with van der Waals surface area (Å²) in [5.74, 6) is 0.0831. The number of nitrogens with zero attached hydrogens (tertiary/aromatic N) is 4. The van der Waals surface area contributed by atoms with E-state index in [1.807, 2.05) is 20.2 Å². The van der Waals surface area contributed by atoms with Gasteiger partial charge in [0.2, 0.25) is 15.9 Å². The lowest BCUT2D eigenvalue weighted by Gasteiger charge is -2.19. The maximum absolute atomic E-state index is 12.8. The molecule has 1 aliphatic rings. The van der Waals surface area contributed by atoms with E-state index < -0.39 is 10.0 Å². The van der Waals surface area contributed by atoms with Gasteiger partial charge in [-0.2, -0.15) is 9.40 Å². The van der Waals surface area contributed by atoms with Crippen molar-refractivity contribution in [3.05, 3.63) is 41.7 Å². The van der Waals surface area contributed by atoms with Crippen molar-refractivity contribution in [1.29, 1.82) is 0 Å². The van der Waals surface area contributed by atoms with Gasteiger partial charge in [0.1, 0.15) is 0 Å². The van der Waals surface area contributed by atoms with Crippen LogP contribution in [0.4, 0.5) is 5.69 Å². The summed E-state index contributed by atoms with van der Waals surface area (Å²) in [6.07, 6.45) is 3.21. The van der Waals surface area contributed by atoms with Crippen LogP contribution in [0.25, 0.3) is 0 Å². The Labute approximate surface area is 147 Å². The van der Waals surface area contributed by atoms with Crippen LogP contribution in [0.1, 0.15) is 24.1 Å². The van der Waals surface area contributed by atoms with Gasteiger partial charge in [0, 0.05) is 51.1 Å². The number of rotatable bonds is 5. The van der Waals surface area contributed by atoms with Crippen molar-refractivity contribution in [3.63, 3.8) is 0 Å². The topological polar surface area (TPSA) is 75.5 Å². The van der Waals surface area contributed by atoms with E-state index in [2.05, 4.69) is 5.10 Å². The molecule has 0 aliphatic carbocycles. The van der Waals surface area contributed by atoms with Crippen molar-refractivity contribution < 1.29 is 13.2 Å². The fourth-order valence-electron chi connectivity index (χ4n) is 3.03. The Morgan fingerprint density at radius 3 is 2.44 bits per heavy atom. The Balaban J connectivity index is 1.79. The largest absolute Gasteiger partial charge is 0.312 e. The molecule has 7 nitrogen and oxygen atoms in total. The lowest BCUT2D eigenvalue weighted by molar-refractivity contribution is -0.117. The molecule has 8 heteroatoms. The summed E-state index contributed by atoms with van der Waals surface area (Å²) in [4.78, 5) is 13.7. The van der Waals surface area contributed by atoms with Gasteiger partial charge >= 0.3 is 0 Å². The van der Waals surface area contributed by atoms with Crippen LogP contribution in [0.2, 0.25) is 0 Å². The van der Waals surface area contributed by atoms with Crippen molar-refractivity contribution in [2.75, 3.05) is 18.5 Å². The molecule has 1 amide bonds. The molecule has 1 aromatic heterocycles. The van der Waals surface area contributed by atoms with Crippen molar-refractivity contribution in [2.24, 2.45) is 7.05 Å². The zero-order valence-electron chi connectivity index (χ0n) is 14.6. The molecule has 0 N–H and O–H groups in total. The van der Waals surface area contributed by atoms with E-state index in [0.717, 1.165) is 23.4 Å². The Hall–Kier alpha value is -2.19. The Kier molecular flexibility index (Phi) is 4.66. The molecule has 1 aliphatic heterocycles. The molecule has 0 bridgehead atoms. The number of anilines is 1. The molecule has 0 spiro atoms. The molecule has 1 aromatic carbocycles. The van der Waals surface area contributed by atoms with Gasteiger partial charge < -0.3 is 4.90 Å². The molecule has 2 heterocycles. The highest BCUT2D eigenvalue weighted by atomic mass is 32.2. The molecule has 134 valence electrons. The first-order valence-corrected chi connectivity index (χ1v) is 9.59. The van der Waals surface area contributed by atoms with E-state index in [0.29, 0.717) is 13.0 Å². The van der Waals surface area contributed by atoms with Crippen LogP contribution in [0.5, 0.6) is 0 Å². The van der Waals surface area contributed by atoms with Crippen LogP contribution in [-0.4, -0.2) is 42.0 Å². The summed E-state index contributed by atoms with van der Waals surface area (Å²) in [7, 11) is -0.241. The fourth-order valence-corrected chi connectivity index (χ4v) is 4.18. The number of carbonyl (C=O) groups is 1. The van der Waals surface area contributed by atoms with Gasteiger partial charge in [-0.1, -0.05) is 0 Å². The summed E-state index contributed by atoms with van der Waals surface area (Å²) in [5, 5.41) is 4.24. The van der Waals surface area contributed by atoms with Gasteiger partial charge in [0.25, 0.3) is 0 Å². The number of carbonyl (C=O) groups excluding carboxylic acids is 1. The first-order chi connectivity index (χ1) is 11.8. The maximum Gasteiger partial charge on any atom is 0.243 e. The van der Waals surface area contributed by atoms with Crippen LogP contribution in [0, 0.1) is 6.92 Å². The van der Waals surface area contributed by atoms with Crippen molar-refractivity contribution in [1.82, 2.24) is 14.1 Å². The molecule has 0 atom stereocenters. The average Bonchev–Trinajstić information content (AvgIpc) is 3.12. The second-order valence-electron chi connectivity index (χ2n) is 6.32. The van der Waals surface area contributed by atoms with Crippen LogP contribution >= 0.6 is 0 Å². The quantitative estimate of drug-likeness (QED) is 0.811. The van der Waals surface area contributed by atoms with Crippen molar-refractivity contribution in [3.8, 4) is 0 Å². The number of aromatic nitrogens is 2. The van der Waals surface area contributed by atoms with E-state index in [-0.39, 0.29) is 17.3 Å². The molecule has 2 aromatic rings. The molecule has 1 saturated heterocycles. The third-order valence-corrected chi connectivity index (χ3v) is 6.26. The SMILES string of the molecule is Cc1nn(C)cc1CN(C)S(=O)(=O)c1ccc(N2CCCC2=O)cc1. The predicted molar refractivity (Wildman–Crippen MR) is 94.6 cm³/mol. The zero-order chi connectivity index (χ0) is 18.2. The Morgan fingerprint density at radius 1 is 1.24 bits per heavy atom. The minimum atomic E-state index is -3.61. The summed E-state index contributed by atoms with van der Waals surface area (Å²) in [6, 6.07) is 6.50. The molecule has 25 heavy (non-hydrogen) atoms. The third kappa shape index (κ3) is 3.45. The Morgan fingerprint density at radius 2 is 1.92 bits per heavy atom. The Bertz CT molecular complexity index is 887. The van der Waals surface area contributed by atoms with Crippen molar-refractivity contribution >= 4 is 21.6 Å². The highest BCUT2D eigenvalue weighted by molar-refractivity contribution is 7.89. The molecule has 0 radical (unpaired) electrons. The summed E-state index contributed by atoms with van der Waals surface area (Å²) < 4.78 is 28.5. The summed E-state index contributed by atoms with van der Waals surface area (Å²) >= 11 is 0. The number of hydrogen-bond acceptors (Lipinski definition) is 4. The maximum atomic E-state index is 12.8. The third-order valence-electron chi connectivity index (χ3n) is 4.44. The number of amides is 1. The van der Waals surface area contributed by atoms with E-state index in [9.17, 15) is 13.2 Å². The molecule has 1 fully saturated rings. The fraction of sp³-hybridized carbons (Fsp3) is 0.412. The molecule has 0 saturated carbocycles. The summed E-state index contributed by atoms with van der Waals surface area (Å²) in [6.45, 7) is 2.80. The molecular weight excluding hydrogens is 340 g/mol.